The van der Waals surface area contributed by atoms with Gasteiger partial charge in [0.25, 0.3) is 0 Å². The Kier molecular flexibility index (Phi) is 4.87. The molecule has 0 spiro atoms. The molecule has 150 valence electrons. The zero-order valence-electron chi connectivity index (χ0n) is 16.1. The number of amides is 1. The van der Waals surface area contributed by atoms with E-state index in [0.29, 0.717) is 19.5 Å². The minimum Gasteiger partial charge on any atom is -0.323 e. The van der Waals surface area contributed by atoms with E-state index in [0.717, 1.165) is 32.6 Å². The van der Waals surface area contributed by atoms with Crippen LogP contribution in [0.3, 0.4) is 0 Å². The summed E-state index contributed by atoms with van der Waals surface area (Å²) in [6.45, 7) is 1.16. The number of halogens is 2. The Labute approximate surface area is 182 Å². The largest absolute Gasteiger partial charge is 0.323 e. The summed E-state index contributed by atoms with van der Waals surface area (Å²) in [7, 11) is 0. The van der Waals surface area contributed by atoms with Gasteiger partial charge in [-0.15, -0.1) is 0 Å². The standard InChI is InChI=1S/C24H19BrFN3O/c25-19-5-1-3-7-21(19)28-15-17(13-23(28)30)24-27-20-6-2-4-8-22(20)29(24)14-16-9-11-18(26)12-10-16/h1-12,17H,13-15H2. The number of nitrogens with zero attached hydrogens (tertiary/aromatic N) is 3. The number of para-hydroxylation sites is 3. The van der Waals surface area contributed by atoms with Crippen LogP contribution < -0.4 is 4.90 Å². The molecule has 4 nitrogen and oxygen atoms in total. The lowest BCUT2D eigenvalue weighted by molar-refractivity contribution is -0.117. The van der Waals surface area contributed by atoms with Gasteiger partial charge in [0, 0.05) is 29.9 Å². The maximum Gasteiger partial charge on any atom is 0.227 e. The molecule has 1 saturated heterocycles. The van der Waals surface area contributed by atoms with Crippen molar-refractivity contribution in [3.63, 3.8) is 0 Å². The summed E-state index contributed by atoms with van der Waals surface area (Å²) in [6, 6.07) is 22.3. The Morgan fingerprint density at radius 1 is 1.00 bits per heavy atom. The van der Waals surface area contributed by atoms with Gasteiger partial charge >= 0.3 is 0 Å². The van der Waals surface area contributed by atoms with Crippen LogP contribution in [-0.2, 0) is 11.3 Å². The van der Waals surface area contributed by atoms with E-state index in [1.165, 1.54) is 12.1 Å². The Morgan fingerprint density at radius 2 is 1.73 bits per heavy atom. The molecule has 1 aliphatic rings. The van der Waals surface area contributed by atoms with Crippen molar-refractivity contribution in [1.29, 1.82) is 0 Å². The minimum absolute atomic E-state index is 0.0162. The Bertz CT molecular complexity index is 1230. The number of carbonyl (C=O) groups is 1. The molecule has 1 atom stereocenters. The van der Waals surface area contributed by atoms with E-state index in [9.17, 15) is 9.18 Å². The van der Waals surface area contributed by atoms with Gasteiger partial charge in [0.05, 0.1) is 16.7 Å². The van der Waals surface area contributed by atoms with Crippen molar-refractivity contribution in [1.82, 2.24) is 9.55 Å². The van der Waals surface area contributed by atoms with Crippen LogP contribution >= 0.6 is 15.9 Å². The van der Waals surface area contributed by atoms with Crippen LogP contribution in [0.15, 0.2) is 77.3 Å². The molecule has 4 aromatic rings. The molecular formula is C24H19BrFN3O. The first kappa shape index (κ1) is 19.0. The summed E-state index contributed by atoms with van der Waals surface area (Å²) in [5, 5.41) is 0. The molecule has 0 saturated carbocycles. The van der Waals surface area contributed by atoms with Gasteiger partial charge in [0.15, 0.2) is 0 Å². The third-order valence-corrected chi connectivity index (χ3v) is 6.24. The predicted molar refractivity (Wildman–Crippen MR) is 119 cm³/mol. The molecular weight excluding hydrogens is 445 g/mol. The first-order chi connectivity index (χ1) is 14.6. The number of benzene rings is 3. The van der Waals surface area contributed by atoms with E-state index in [4.69, 9.17) is 4.98 Å². The van der Waals surface area contributed by atoms with Crippen LogP contribution in [0.5, 0.6) is 0 Å². The van der Waals surface area contributed by atoms with Gasteiger partial charge in [-0.05, 0) is 57.9 Å². The Morgan fingerprint density at radius 3 is 2.53 bits per heavy atom. The molecule has 3 aromatic carbocycles. The molecule has 2 heterocycles. The molecule has 30 heavy (non-hydrogen) atoms. The molecule has 0 aliphatic carbocycles. The normalized spacial score (nSPS) is 16.5. The molecule has 1 fully saturated rings. The van der Waals surface area contributed by atoms with Gasteiger partial charge in [-0.3, -0.25) is 4.79 Å². The van der Waals surface area contributed by atoms with Crippen LogP contribution in [0.25, 0.3) is 11.0 Å². The Hall–Kier alpha value is -2.99. The summed E-state index contributed by atoms with van der Waals surface area (Å²) in [6.07, 6.45) is 0.411. The molecule has 6 heteroatoms. The summed E-state index contributed by atoms with van der Waals surface area (Å²) in [5.41, 5.74) is 3.80. The number of carbonyl (C=O) groups excluding carboxylic acids is 1. The second-order valence-corrected chi connectivity index (χ2v) is 8.38. The average Bonchev–Trinajstić information content (AvgIpc) is 3.31. The monoisotopic (exact) mass is 463 g/mol. The van der Waals surface area contributed by atoms with Crippen molar-refractivity contribution in [2.45, 2.75) is 18.9 Å². The van der Waals surface area contributed by atoms with E-state index < -0.39 is 0 Å². The lowest BCUT2D eigenvalue weighted by Gasteiger charge is -2.19. The van der Waals surface area contributed by atoms with Crippen molar-refractivity contribution < 1.29 is 9.18 Å². The molecule has 1 aliphatic heterocycles. The van der Waals surface area contributed by atoms with Gasteiger partial charge in [0.1, 0.15) is 11.6 Å². The maximum atomic E-state index is 13.4. The van der Waals surface area contributed by atoms with Crippen molar-refractivity contribution in [3.8, 4) is 0 Å². The molecule has 0 N–H and O–H groups in total. The predicted octanol–water partition coefficient (Wildman–Crippen LogP) is 5.51. The number of aromatic nitrogens is 2. The van der Waals surface area contributed by atoms with Gasteiger partial charge < -0.3 is 9.47 Å². The van der Waals surface area contributed by atoms with Gasteiger partial charge in [0.2, 0.25) is 5.91 Å². The fourth-order valence-corrected chi connectivity index (χ4v) is 4.63. The lowest BCUT2D eigenvalue weighted by Crippen LogP contribution is -2.25. The fraction of sp³-hybridized carbons (Fsp3) is 0.167. The van der Waals surface area contributed by atoms with Gasteiger partial charge in [-0.2, -0.15) is 0 Å². The first-order valence-electron chi connectivity index (χ1n) is 9.84. The number of anilines is 1. The van der Waals surface area contributed by atoms with Crippen LogP contribution in [0.2, 0.25) is 0 Å². The third-order valence-electron chi connectivity index (χ3n) is 5.57. The summed E-state index contributed by atoms with van der Waals surface area (Å²) < 4.78 is 16.4. The summed E-state index contributed by atoms with van der Waals surface area (Å²) in [5.74, 6) is 0.716. The highest BCUT2D eigenvalue weighted by Crippen LogP contribution is 2.36. The summed E-state index contributed by atoms with van der Waals surface area (Å²) in [4.78, 5) is 19.6. The van der Waals surface area contributed by atoms with E-state index in [2.05, 4.69) is 20.5 Å². The van der Waals surface area contributed by atoms with E-state index in [-0.39, 0.29) is 17.6 Å². The molecule has 0 radical (unpaired) electrons. The smallest absolute Gasteiger partial charge is 0.227 e. The molecule has 1 unspecified atom stereocenters. The third kappa shape index (κ3) is 3.41. The van der Waals surface area contributed by atoms with Crippen molar-refractivity contribution in [3.05, 3.63) is 94.5 Å². The van der Waals surface area contributed by atoms with E-state index >= 15 is 0 Å². The van der Waals surface area contributed by atoms with Crippen LogP contribution in [-0.4, -0.2) is 22.0 Å². The van der Waals surface area contributed by atoms with Crippen LogP contribution in [0.1, 0.15) is 23.7 Å². The molecule has 5 rings (SSSR count). The van der Waals surface area contributed by atoms with E-state index in [1.807, 2.05) is 53.4 Å². The number of imidazole rings is 1. The number of hydrogen-bond acceptors (Lipinski definition) is 2. The molecule has 1 amide bonds. The van der Waals surface area contributed by atoms with Crippen molar-refractivity contribution in [2.75, 3.05) is 11.4 Å². The second-order valence-electron chi connectivity index (χ2n) is 7.53. The highest BCUT2D eigenvalue weighted by Gasteiger charge is 2.35. The number of rotatable bonds is 4. The zero-order valence-corrected chi connectivity index (χ0v) is 17.7. The van der Waals surface area contributed by atoms with Crippen molar-refractivity contribution >= 4 is 38.6 Å². The van der Waals surface area contributed by atoms with E-state index in [1.54, 1.807) is 12.1 Å². The van der Waals surface area contributed by atoms with Gasteiger partial charge in [-0.25, -0.2) is 9.37 Å². The van der Waals surface area contributed by atoms with Crippen LogP contribution in [0.4, 0.5) is 10.1 Å². The highest BCUT2D eigenvalue weighted by molar-refractivity contribution is 9.10. The highest BCUT2D eigenvalue weighted by atomic mass is 79.9. The molecule has 0 bridgehead atoms. The maximum absolute atomic E-state index is 13.4. The van der Waals surface area contributed by atoms with Crippen LogP contribution in [0, 0.1) is 5.82 Å². The zero-order chi connectivity index (χ0) is 20.7. The van der Waals surface area contributed by atoms with Crippen molar-refractivity contribution in [2.24, 2.45) is 0 Å². The number of fused-ring (bicyclic) bond motifs is 1. The van der Waals surface area contributed by atoms with Gasteiger partial charge in [-0.1, -0.05) is 36.4 Å². The Balaban J connectivity index is 1.53. The molecule has 1 aromatic heterocycles. The quantitative estimate of drug-likeness (QED) is 0.400. The second kappa shape index (κ2) is 7.69. The first-order valence-corrected chi connectivity index (χ1v) is 10.6. The lowest BCUT2D eigenvalue weighted by atomic mass is 10.1. The SMILES string of the molecule is O=C1CC(c2nc3ccccc3n2Cc2ccc(F)cc2)CN1c1ccccc1Br. The summed E-state index contributed by atoms with van der Waals surface area (Å²) >= 11 is 3.56. The minimum atomic E-state index is -0.250. The topological polar surface area (TPSA) is 38.1 Å². The average molecular weight is 464 g/mol. The fourth-order valence-electron chi connectivity index (χ4n) is 4.13. The number of hydrogen-bond donors (Lipinski definition) is 0.